The third kappa shape index (κ3) is 4.98. The Morgan fingerprint density at radius 2 is 2.10 bits per heavy atom. The van der Waals surface area contributed by atoms with Gasteiger partial charge >= 0.3 is 0 Å². The molecule has 1 fully saturated rings. The number of piperidine rings is 1. The van der Waals surface area contributed by atoms with Crippen molar-refractivity contribution in [3.63, 3.8) is 0 Å². The molecular formula is C14H22ClN3O2. The summed E-state index contributed by atoms with van der Waals surface area (Å²) in [6.45, 7) is 2.13. The quantitative estimate of drug-likeness (QED) is 0.886. The zero-order chi connectivity index (χ0) is 13.7. The molecule has 2 N–H and O–H groups in total. The van der Waals surface area contributed by atoms with Crippen molar-refractivity contribution in [1.82, 2.24) is 9.88 Å². The second-order valence-electron chi connectivity index (χ2n) is 5.15. The fourth-order valence-electron chi connectivity index (χ4n) is 2.40. The topological polar surface area (TPSA) is 63.1 Å². The number of carbonyl (C=O) groups is 1. The molecule has 5 nitrogen and oxygen atoms in total. The molecule has 1 aliphatic heterocycles. The van der Waals surface area contributed by atoms with Gasteiger partial charge in [-0.15, -0.1) is 12.4 Å². The average molecular weight is 300 g/mol. The van der Waals surface area contributed by atoms with Crippen molar-refractivity contribution >= 4 is 24.0 Å². The van der Waals surface area contributed by atoms with E-state index in [9.17, 15) is 9.59 Å². The maximum atomic E-state index is 11.8. The zero-order valence-electron chi connectivity index (χ0n) is 11.7. The van der Waals surface area contributed by atoms with Crippen molar-refractivity contribution in [3.05, 3.63) is 28.7 Å². The van der Waals surface area contributed by atoms with Gasteiger partial charge < -0.3 is 15.2 Å². The second-order valence-corrected chi connectivity index (χ2v) is 5.15. The van der Waals surface area contributed by atoms with Crippen LogP contribution < -0.4 is 16.2 Å². The predicted molar refractivity (Wildman–Crippen MR) is 82.4 cm³/mol. The molecule has 0 spiro atoms. The number of pyridine rings is 1. The first-order valence-electron chi connectivity index (χ1n) is 6.82. The van der Waals surface area contributed by atoms with E-state index >= 15 is 0 Å². The highest BCUT2D eigenvalue weighted by molar-refractivity contribution is 5.90. The lowest BCUT2D eigenvalue weighted by Gasteiger charge is -2.22. The summed E-state index contributed by atoms with van der Waals surface area (Å²) >= 11 is 0. The van der Waals surface area contributed by atoms with Gasteiger partial charge in [0, 0.05) is 25.7 Å². The van der Waals surface area contributed by atoms with Crippen molar-refractivity contribution in [3.8, 4) is 0 Å². The Bertz CT molecular complexity index is 495. The first-order valence-corrected chi connectivity index (χ1v) is 6.82. The molecule has 6 heteroatoms. The maximum absolute atomic E-state index is 11.8. The Balaban J connectivity index is 0.00000200. The molecule has 1 aromatic heterocycles. The van der Waals surface area contributed by atoms with Crippen LogP contribution in [-0.2, 0) is 11.8 Å². The monoisotopic (exact) mass is 299 g/mol. The molecule has 1 saturated heterocycles. The number of halogens is 1. The van der Waals surface area contributed by atoms with E-state index in [1.807, 2.05) is 0 Å². The molecule has 0 unspecified atom stereocenters. The predicted octanol–water partition coefficient (Wildman–Crippen LogP) is 1.53. The molecular weight excluding hydrogens is 278 g/mol. The van der Waals surface area contributed by atoms with Gasteiger partial charge in [-0.3, -0.25) is 9.59 Å². The van der Waals surface area contributed by atoms with Crippen LogP contribution in [0.3, 0.4) is 0 Å². The Morgan fingerprint density at radius 3 is 2.75 bits per heavy atom. The number of aryl methyl sites for hydroxylation is 1. The van der Waals surface area contributed by atoms with Crippen LogP contribution in [0.15, 0.2) is 23.1 Å². The van der Waals surface area contributed by atoms with E-state index in [4.69, 9.17) is 0 Å². The summed E-state index contributed by atoms with van der Waals surface area (Å²) in [5.41, 5.74) is 0.602. The molecule has 2 rings (SSSR count). The zero-order valence-corrected chi connectivity index (χ0v) is 12.5. The third-order valence-corrected chi connectivity index (χ3v) is 3.61. The summed E-state index contributed by atoms with van der Waals surface area (Å²) in [6.07, 6.45) is 5.46. The smallest absolute Gasteiger partial charge is 0.250 e. The number of carbonyl (C=O) groups excluding carboxylic acids is 1. The molecule has 1 aliphatic rings. The van der Waals surface area contributed by atoms with E-state index in [1.165, 1.54) is 10.6 Å². The third-order valence-electron chi connectivity index (χ3n) is 3.61. The van der Waals surface area contributed by atoms with Crippen LogP contribution in [-0.4, -0.2) is 23.6 Å². The van der Waals surface area contributed by atoms with E-state index in [0.29, 0.717) is 18.0 Å². The van der Waals surface area contributed by atoms with Gasteiger partial charge in [-0.1, -0.05) is 0 Å². The standard InChI is InChI=1S/C14H21N3O2.ClH/c1-17-10-12(3-5-14(17)19)16-13(18)4-2-11-6-8-15-9-7-11;/h3,5,10-11,15H,2,4,6-9H2,1H3,(H,16,18);1H. The van der Waals surface area contributed by atoms with Crippen LogP contribution in [0, 0.1) is 5.92 Å². The number of rotatable bonds is 4. The molecule has 0 bridgehead atoms. The minimum Gasteiger partial charge on any atom is -0.325 e. The van der Waals surface area contributed by atoms with Gasteiger partial charge in [0.2, 0.25) is 11.5 Å². The van der Waals surface area contributed by atoms with Gasteiger partial charge in [-0.2, -0.15) is 0 Å². The van der Waals surface area contributed by atoms with Crippen molar-refractivity contribution in [2.75, 3.05) is 18.4 Å². The molecule has 20 heavy (non-hydrogen) atoms. The lowest BCUT2D eigenvalue weighted by molar-refractivity contribution is -0.116. The Hall–Kier alpha value is -1.33. The molecule has 0 aromatic carbocycles. The Labute approximate surface area is 125 Å². The Kier molecular flexibility index (Phi) is 6.75. The van der Waals surface area contributed by atoms with Gasteiger partial charge in [-0.05, 0) is 44.3 Å². The van der Waals surface area contributed by atoms with Gasteiger partial charge in [-0.25, -0.2) is 0 Å². The van der Waals surface area contributed by atoms with E-state index in [0.717, 1.165) is 32.4 Å². The number of amides is 1. The molecule has 112 valence electrons. The van der Waals surface area contributed by atoms with E-state index < -0.39 is 0 Å². The van der Waals surface area contributed by atoms with Crippen LogP contribution in [0.4, 0.5) is 5.69 Å². The number of hydrogen-bond donors (Lipinski definition) is 2. The lowest BCUT2D eigenvalue weighted by atomic mass is 9.93. The van der Waals surface area contributed by atoms with Gasteiger partial charge in [0.1, 0.15) is 0 Å². The summed E-state index contributed by atoms with van der Waals surface area (Å²) < 4.78 is 1.46. The van der Waals surface area contributed by atoms with E-state index in [-0.39, 0.29) is 23.9 Å². The molecule has 1 amide bonds. The van der Waals surface area contributed by atoms with Crippen molar-refractivity contribution in [1.29, 1.82) is 0 Å². The SMILES string of the molecule is Cl.Cn1cc(NC(=O)CCC2CCNCC2)ccc1=O. The lowest BCUT2D eigenvalue weighted by Crippen LogP contribution is -2.28. The summed E-state index contributed by atoms with van der Waals surface area (Å²) in [6, 6.07) is 3.10. The van der Waals surface area contributed by atoms with Gasteiger partial charge in [0.25, 0.3) is 0 Å². The molecule has 0 saturated carbocycles. The highest BCUT2D eigenvalue weighted by Crippen LogP contribution is 2.18. The molecule has 0 radical (unpaired) electrons. The van der Waals surface area contributed by atoms with Crippen molar-refractivity contribution < 1.29 is 4.79 Å². The summed E-state index contributed by atoms with van der Waals surface area (Å²) in [5.74, 6) is 0.685. The first kappa shape index (κ1) is 16.7. The molecule has 1 aromatic rings. The minimum atomic E-state index is -0.0762. The summed E-state index contributed by atoms with van der Waals surface area (Å²) in [4.78, 5) is 23.1. The van der Waals surface area contributed by atoms with Crippen LogP contribution in [0.1, 0.15) is 25.7 Å². The molecule has 0 aliphatic carbocycles. The first-order chi connectivity index (χ1) is 9.15. The maximum Gasteiger partial charge on any atom is 0.250 e. The minimum absolute atomic E-state index is 0. The second kappa shape index (κ2) is 8.07. The van der Waals surface area contributed by atoms with E-state index in [2.05, 4.69) is 10.6 Å². The van der Waals surface area contributed by atoms with Crippen LogP contribution >= 0.6 is 12.4 Å². The van der Waals surface area contributed by atoms with Crippen molar-refractivity contribution in [2.45, 2.75) is 25.7 Å². The number of anilines is 1. The highest BCUT2D eigenvalue weighted by Gasteiger charge is 2.14. The number of aromatic nitrogens is 1. The fraction of sp³-hybridized carbons (Fsp3) is 0.571. The number of nitrogens with zero attached hydrogens (tertiary/aromatic N) is 1. The largest absolute Gasteiger partial charge is 0.325 e. The van der Waals surface area contributed by atoms with Crippen LogP contribution in [0.2, 0.25) is 0 Å². The van der Waals surface area contributed by atoms with Crippen LogP contribution in [0.25, 0.3) is 0 Å². The van der Waals surface area contributed by atoms with Gasteiger partial charge in [0.15, 0.2) is 0 Å². The summed E-state index contributed by atoms with van der Waals surface area (Å²) in [5, 5.41) is 6.16. The highest BCUT2D eigenvalue weighted by atomic mass is 35.5. The molecule has 0 atom stereocenters. The number of hydrogen-bond acceptors (Lipinski definition) is 3. The Morgan fingerprint density at radius 1 is 1.40 bits per heavy atom. The van der Waals surface area contributed by atoms with E-state index in [1.54, 1.807) is 19.3 Å². The normalized spacial score (nSPS) is 15.4. The van der Waals surface area contributed by atoms with Gasteiger partial charge in [0.05, 0.1) is 5.69 Å². The fourth-order valence-corrected chi connectivity index (χ4v) is 2.40. The average Bonchev–Trinajstić information content (AvgIpc) is 2.42. The number of nitrogens with one attached hydrogen (secondary N) is 2. The summed E-state index contributed by atoms with van der Waals surface area (Å²) in [7, 11) is 1.67. The molecule has 2 heterocycles. The van der Waals surface area contributed by atoms with Crippen molar-refractivity contribution in [2.24, 2.45) is 13.0 Å². The van der Waals surface area contributed by atoms with Crippen LogP contribution in [0.5, 0.6) is 0 Å².